The molecule has 2 heterocycles. The molecule has 4 rings (SSSR count). The molecule has 0 radical (unpaired) electrons. The predicted octanol–water partition coefficient (Wildman–Crippen LogP) is 3.96. The maximum atomic E-state index is 15.3. The van der Waals surface area contributed by atoms with Gasteiger partial charge in [-0.2, -0.15) is 0 Å². The van der Waals surface area contributed by atoms with Crippen LogP contribution in [0.5, 0.6) is 11.5 Å². The summed E-state index contributed by atoms with van der Waals surface area (Å²) in [5.74, 6) is -0.162. The monoisotopic (exact) mass is 415 g/mol. The van der Waals surface area contributed by atoms with E-state index in [4.69, 9.17) is 14.2 Å². The first-order valence-electron chi connectivity index (χ1n) is 10.0. The minimum atomic E-state index is -0.902. The van der Waals surface area contributed by atoms with Crippen LogP contribution in [0.3, 0.4) is 0 Å². The van der Waals surface area contributed by atoms with Crippen LogP contribution in [0.2, 0.25) is 0 Å². The van der Waals surface area contributed by atoms with E-state index >= 15 is 4.39 Å². The van der Waals surface area contributed by atoms with Gasteiger partial charge in [-0.05, 0) is 30.0 Å². The number of halogens is 1. The van der Waals surface area contributed by atoms with Crippen LogP contribution in [-0.4, -0.2) is 37.8 Å². The summed E-state index contributed by atoms with van der Waals surface area (Å²) in [7, 11) is 3.17. The number of Topliss-reactive ketones (excluding diaryl/α,β-unsaturated/α-hetero) is 1. The van der Waals surface area contributed by atoms with Gasteiger partial charge in [0.15, 0.2) is 23.1 Å². The lowest BCUT2D eigenvalue weighted by molar-refractivity contribution is 0.101. The lowest BCUT2D eigenvalue weighted by Gasteiger charge is -2.24. The van der Waals surface area contributed by atoms with Gasteiger partial charge in [-0.15, -0.1) is 0 Å². The lowest BCUT2D eigenvalue weighted by Crippen LogP contribution is -2.24. The average molecular weight is 415 g/mol. The number of carbonyl (C=O) groups is 1. The Labute approximate surface area is 174 Å². The Balaban J connectivity index is 1.89. The van der Waals surface area contributed by atoms with Crippen molar-refractivity contribution in [3.63, 3.8) is 0 Å². The number of methoxy groups -OCH3 is 2. The van der Waals surface area contributed by atoms with Gasteiger partial charge in [0.1, 0.15) is 0 Å². The normalized spacial score (nSPS) is 20.1. The van der Waals surface area contributed by atoms with E-state index in [0.717, 1.165) is 12.0 Å². The maximum Gasteiger partial charge on any atom is 0.228 e. The van der Waals surface area contributed by atoms with Crippen LogP contribution >= 0.6 is 0 Å². The van der Waals surface area contributed by atoms with Crippen molar-refractivity contribution in [1.29, 1.82) is 0 Å². The second-order valence-electron chi connectivity index (χ2n) is 8.53. The van der Waals surface area contributed by atoms with Crippen molar-refractivity contribution in [1.82, 2.24) is 4.57 Å². The highest BCUT2D eigenvalue weighted by Gasteiger charge is 2.63. The van der Waals surface area contributed by atoms with Crippen molar-refractivity contribution in [2.24, 2.45) is 5.41 Å². The van der Waals surface area contributed by atoms with E-state index < -0.39 is 17.0 Å². The molecule has 0 amide bonds. The van der Waals surface area contributed by atoms with Gasteiger partial charge < -0.3 is 18.8 Å². The van der Waals surface area contributed by atoms with Crippen molar-refractivity contribution in [3.8, 4) is 22.8 Å². The van der Waals surface area contributed by atoms with Gasteiger partial charge in [-0.1, -0.05) is 13.8 Å². The highest BCUT2D eigenvalue weighted by atomic mass is 19.1. The fourth-order valence-corrected chi connectivity index (χ4v) is 4.73. The summed E-state index contributed by atoms with van der Waals surface area (Å²) in [4.78, 5) is 24.4. The lowest BCUT2D eigenvalue weighted by atomic mass is 9.93. The van der Waals surface area contributed by atoms with E-state index in [1.807, 2.05) is 6.07 Å². The number of hydrogen-bond donors (Lipinski definition) is 0. The molecule has 2 aliphatic rings. The van der Waals surface area contributed by atoms with E-state index in [2.05, 4.69) is 13.8 Å². The van der Waals surface area contributed by atoms with Crippen LogP contribution in [0, 0.1) is 11.2 Å². The van der Waals surface area contributed by atoms with Gasteiger partial charge in [-0.3, -0.25) is 9.59 Å². The van der Waals surface area contributed by atoms with Crippen molar-refractivity contribution in [2.45, 2.75) is 39.2 Å². The first kappa shape index (κ1) is 20.6. The number of ether oxygens (including phenoxy) is 3. The molecular formula is C23H26FNO5. The van der Waals surface area contributed by atoms with Crippen LogP contribution in [-0.2, 0) is 4.74 Å². The van der Waals surface area contributed by atoms with E-state index in [1.165, 1.54) is 20.2 Å². The predicted molar refractivity (Wildman–Crippen MR) is 110 cm³/mol. The summed E-state index contributed by atoms with van der Waals surface area (Å²) in [6.07, 6.45) is 2.25. The number of ketones is 1. The molecule has 1 aromatic carbocycles. The van der Waals surface area contributed by atoms with Gasteiger partial charge in [0, 0.05) is 43.9 Å². The first-order valence-corrected chi connectivity index (χ1v) is 10.0. The van der Waals surface area contributed by atoms with Crippen molar-refractivity contribution in [2.75, 3.05) is 27.4 Å². The molecule has 160 valence electrons. The maximum absolute atomic E-state index is 15.3. The molecule has 0 unspecified atom stereocenters. The zero-order valence-electron chi connectivity index (χ0n) is 17.9. The van der Waals surface area contributed by atoms with Crippen LogP contribution < -0.4 is 14.9 Å². The Hall–Kier alpha value is -2.67. The summed E-state index contributed by atoms with van der Waals surface area (Å²) < 4.78 is 33.5. The Morgan fingerprint density at radius 1 is 1.20 bits per heavy atom. The molecule has 0 saturated heterocycles. The third kappa shape index (κ3) is 2.95. The molecular weight excluding hydrogens is 389 g/mol. The van der Waals surface area contributed by atoms with Gasteiger partial charge in [0.2, 0.25) is 5.43 Å². The fraction of sp³-hybridized carbons (Fsp3) is 0.478. The first-order chi connectivity index (χ1) is 14.2. The Kier molecular flexibility index (Phi) is 4.97. The zero-order chi connectivity index (χ0) is 21.8. The molecule has 7 heteroatoms. The second-order valence-corrected chi connectivity index (χ2v) is 8.53. The van der Waals surface area contributed by atoms with Gasteiger partial charge >= 0.3 is 0 Å². The van der Waals surface area contributed by atoms with E-state index in [1.54, 1.807) is 17.7 Å². The van der Waals surface area contributed by atoms with Crippen molar-refractivity contribution >= 4 is 5.78 Å². The summed E-state index contributed by atoms with van der Waals surface area (Å²) in [5, 5.41) is 0. The molecule has 1 aliphatic heterocycles. The SMILES string of the molecule is COCCCOc1cc2c(cc1OC)-c1c(F)c(=O)c(C(C)=O)cn1[C@H]1[C@@H]2C1(C)C. The van der Waals surface area contributed by atoms with Gasteiger partial charge in [0.05, 0.1) is 25.0 Å². The number of benzene rings is 1. The number of rotatable bonds is 7. The van der Waals surface area contributed by atoms with Crippen LogP contribution in [0.25, 0.3) is 11.3 Å². The van der Waals surface area contributed by atoms with E-state index in [9.17, 15) is 9.59 Å². The number of carbonyl (C=O) groups excluding carboxylic acids is 1. The third-order valence-corrected chi connectivity index (χ3v) is 6.30. The summed E-state index contributed by atoms with van der Waals surface area (Å²) >= 11 is 0. The molecule has 1 fully saturated rings. The van der Waals surface area contributed by atoms with Crippen molar-refractivity contribution in [3.05, 3.63) is 45.5 Å². The summed E-state index contributed by atoms with van der Waals surface area (Å²) in [6.45, 7) is 6.55. The van der Waals surface area contributed by atoms with Gasteiger partial charge in [0.25, 0.3) is 0 Å². The number of pyridine rings is 1. The minimum Gasteiger partial charge on any atom is -0.493 e. The molecule has 2 aromatic rings. The Morgan fingerprint density at radius 3 is 2.57 bits per heavy atom. The van der Waals surface area contributed by atoms with E-state index in [0.29, 0.717) is 30.3 Å². The molecule has 30 heavy (non-hydrogen) atoms. The topological polar surface area (TPSA) is 66.8 Å². The summed E-state index contributed by atoms with van der Waals surface area (Å²) in [6, 6.07) is 3.59. The van der Waals surface area contributed by atoms with E-state index in [-0.39, 0.29) is 28.6 Å². The average Bonchev–Trinajstić information content (AvgIpc) is 3.29. The molecule has 6 nitrogen and oxygen atoms in total. The molecule has 1 aliphatic carbocycles. The highest BCUT2D eigenvalue weighted by molar-refractivity contribution is 5.94. The Morgan fingerprint density at radius 2 is 1.93 bits per heavy atom. The largest absolute Gasteiger partial charge is 0.493 e. The van der Waals surface area contributed by atoms with Crippen LogP contribution in [0.15, 0.2) is 23.1 Å². The number of fused-ring (bicyclic) bond motifs is 6. The standard InChI is InChI=1S/C23H26FNO5/c1-12(26)15-11-25-20(19(24)21(15)27)14-10-16(29-5)17(30-8-6-7-28-4)9-13(14)18-22(25)23(18,2)3/h9-11,18,22H,6-8H2,1-5H3/t18-,22+/m1/s1. The van der Waals surface area contributed by atoms with Gasteiger partial charge in [-0.25, -0.2) is 4.39 Å². The minimum absolute atomic E-state index is 0.0389. The second kappa shape index (κ2) is 7.23. The van der Waals surface area contributed by atoms with Crippen LogP contribution in [0.1, 0.15) is 55.1 Å². The molecule has 2 atom stereocenters. The van der Waals surface area contributed by atoms with Crippen LogP contribution in [0.4, 0.5) is 4.39 Å². The molecule has 0 spiro atoms. The summed E-state index contributed by atoms with van der Waals surface area (Å²) in [5.41, 5.74) is 0.601. The Bertz CT molecular complexity index is 1090. The quantitative estimate of drug-likeness (QED) is 0.506. The highest BCUT2D eigenvalue weighted by Crippen LogP contribution is 2.72. The zero-order valence-corrected chi connectivity index (χ0v) is 17.9. The molecule has 1 aromatic heterocycles. The number of aromatic nitrogens is 1. The smallest absolute Gasteiger partial charge is 0.228 e. The third-order valence-electron chi connectivity index (χ3n) is 6.30. The number of nitrogens with zero attached hydrogens (tertiary/aromatic N) is 1. The number of hydrogen-bond acceptors (Lipinski definition) is 5. The molecule has 0 N–H and O–H groups in total. The molecule has 0 bridgehead atoms. The van der Waals surface area contributed by atoms with Crippen molar-refractivity contribution < 1.29 is 23.4 Å². The fourth-order valence-electron chi connectivity index (χ4n) is 4.73. The molecule has 1 saturated carbocycles.